The minimum atomic E-state index is -0.205. The van der Waals surface area contributed by atoms with Crippen LogP contribution in [-0.2, 0) is 4.79 Å². The van der Waals surface area contributed by atoms with Gasteiger partial charge >= 0.3 is 5.97 Å². The van der Waals surface area contributed by atoms with Crippen molar-refractivity contribution in [2.45, 2.75) is 39.0 Å². The fourth-order valence-corrected chi connectivity index (χ4v) is 2.57. The number of ether oxygens (including phenoxy) is 1. The predicted molar refractivity (Wildman–Crippen MR) is 91.4 cm³/mol. The summed E-state index contributed by atoms with van der Waals surface area (Å²) in [6, 6.07) is 13.2. The van der Waals surface area contributed by atoms with Gasteiger partial charge in [0.05, 0.1) is 16.6 Å². The second-order valence-electron chi connectivity index (χ2n) is 5.62. The number of unbranched alkanes of at least 4 members (excludes halogenated alkanes) is 3. The molecule has 0 spiro atoms. The topological polar surface area (TPSA) is 52.1 Å². The van der Waals surface area contributed by atoms with Gasteiger partial charge in [-0.2, -0.15) is 0 Å². The van der Waals surface area contributed by atoms with Gasteiger partial charge < -0.3 is 4.74 Å². The maximum absolute atomic E-state index is 12.0. The number of para-hydroxylation sites is 3. The Morgan fingerprint density at radius 3 is 2.43 bits per heavy atom. The number of benzene rings is 2. The first-order valence-electron chi connectivity index (χ1n) is 8.14. The molecular formula is C19H20N2O2. The highest BCUT2D eigenvalue weighted by molar-refractivity contribution is 5.90. The Kier molecular flexibility index (Phi) is 4.81. The highest BCUT2D eigenvalue weighted by atomic mass is 16.5. The summed E-state index contributed by atoms with van der Waals surface area (Å²) in [4.78, 5) is 21.2. The van der Waals surface area contributed by atoms with E-state index in [9.17, 15) is 4.79 Å². The summed E-state index contributed by atoms with van der Waals surface area (Å²) < 4.78 is 5.52. The Hall–Kier alpha value is -2.49. The zero-order valence-electron chi connectivity index (χ0n) is 13.3. The maximum atomic E-state index is 12.0. The van der Waals surface area contributed by atoms with E-state index < -0.39 is 0 Å². The van der Waals surface area contributed by atoms with Crippen LogP contribution < -0.4 is 4.74 Å². The van der Waals surface area contributed by atoms with Crippen LogP contribution in [0.15, 0.2) is 42.5 Å². The molecule has 0 atom stereocenters. The molecule has 1 aromatic heterocycles. The lowest BCUT2D eigenvalue weighted by Crippen LogP contribution is -2.08. The molecule has 23 heavy (non-hydrogen) atoms. The fraction of sp³-hybridized carbons (Fsp3) is 0.316. The number of hydrogen-bond acceptors (Lipinski definition) is 4. The summed E-state index contributed by atoms with van der Waals surface area (Å²) >= 11 is 0. The van der Waals surface area contributed by atoms with E-state index in [1.807, 2.05) is 36.4 Å². The Morgan fingerprint density at radius 2 is 1.65 bits per heavy atom. The average Bonchev–Trinajstić information content (AvgIpc) is 2.57. The average molecular weight is 308 g/mol. The van der Waals surface area contributed by atoms with E-state index in [2.05, 4.69) is 16.9 Å². The number of aromatic nitrogens is 2. The third kappa shape index (κ3) is 3.65. The van der Waals surface area contributed by atoms with Gasteiger partial charge in [0.1, 0.15) is 5.52 Å². The van der Waals surface area contributed by atoms with Gasteiger partial charge in [0.25, 0.3) is 0 Å². The lowest BCUT2D eigenvalue weighted by atomic mass is 10.1. The van der Waals surface area contributed by atoms with Crippen molar-refractivity contribution in [2.75, 3.05) is 0 Å². The quantitative estimate of drug-likeness (QED) is 0.288. The van der Waals surface area contributed by atoms with Crippen LogP contribution in [0, 0.1) is 0 Å². The molecule has 0 fully saturated rings. The van der Waals surface area contributed by atoms with Crippen molar-refractivity contribution in [2.24, 2.45) is 0 Å². The smallest absolute Gasteiger partial charge is 0.311 e. The lowest BCUT2D eigenvalue weighted by molar-refractivity contribution is -0.134. The Morgan fingerprint density at radius 1 is 0.913 bits per heavy atom. The molecule has 0 N–H and O–H groups in total. The molecule has 4 heteroatoms. The molecule has 0 aliphatic rings. The first kappa shape index (κ1) is 15.4. The van der Waals surface area contributed by atoms with E-state index in [0.717, 1.165) is 42.2 Å². The molecule has 3 rings (SSSR count). The van der Waals surface area contributed by atoms with Crippen molar-refractivity contribution in [1.29, 1.82) is 0 Å². The van der Waals surface area contributed by atoms with Gasteiger partial charge in [0.2, 0.25) is 0 Å². The molecule has 0 unspecified atom stereocenters. The minimum Gasteiger partial charge on any atom is -0.424 e. The number of nitrogens with zero attached hydrogens (tertiary/aromatic N) is 2. The molecule has 0 aliphatic carbocycles. The van der Waals surface area contributed by atoms with Crippen molar-refractivity contribution >= 4 is 28.0 Å². The molecule has 4 nitrogen and oxygen atoms in total. The molecule has 0 radical (unpaired) electrons. The number of rotatable bonds is 6. The summed E-state index contributed by atoms with van der Waals surface area (Å²) in [5.41, 5.74) is 3.00. The van der Waals surface area contributed by atoms with E-state index in [4.69, 9.17) is 4.74 Å². The van der Waals surface area contributed by atoms with Gasteiger partial charge in [-0.25, -0.2) is 9.97 Å². The number of hydrogen-bond donors (Lipinski definition) is 0. The standard InChI is InChI=1S/C19H20N2O2/c1-2-3-4-5-13-18(22)23-17-12-8-11-16-19(17)21-15-10-7-6-9-14(15)20-16/h6-12H,2-5,13H2,1H3. The number of fused-ring (bicyclic) bond motifs is 2. The Labute approximate surface area is 135 Å². The van der Waals surface area contributed by atoms with Gasteiger partial charge in [-0.3, -0.25) is 4.79 Å². The monoisotopic (exact) mass is 308 g/mol. The van der Waals surface area contributed by atoms with Crippen LogP contribution in [0.4, 0.5) is 0 Å². The second-order valence-corrected chi connectivity index (χ2v) is 5.62. The van der Waals surface area contributed by atoms with Gasteiger partial charge in [0.15, 0.2) is 5.75 Å². The van der Waals surface area contributed by atoms with Crippen LogP contribution in [0.5, 0.6) is 5.75 Å². The molecular weight excluding hydrogens is 288 g/mol. The van der Waals surface area contributed by atoms with Crippen LogP contribution >= 0.6 is 0 Å². The summed E-state index contributed by atoms with van der Waals surface area (Å²) in [7, 11) is 0. The van der Waals surface area contributed by atoms with Crippen LogP contribution in [-0.4, -0.2) is 15.9 Å². The molecule has 0 saturated heterocycles. The Balaban J connectivity index is 1.83. The van der Waals surface area contributed by atoms with Crippen molar-refractivity contribution in [3.63, 3.8) is 0 Å². The van der Waals surface area contributed by atoms with Crippen molar-refractivity contribution in [3.05, 3.63) is 42.5 Å². The van der Waals surface area contributed by atoms with Crippen LogP contribution in [0.2, 0.25) is 0 Å². The van der Waals surface area contributed by atoms with Crippen molar-refractivity contribution in [1.82, 2.24) is 9.97 Å². The molecule has 0 amide bonds. The molecule has 0 aliphatic heterocycles. The molecule has 118 valence electrons. The molecule has 1 heterocycles. The number of carbonyl (C=O) groups is 1. The van der Waals surface area contributed by atoms with E-state index in [-0.39, 0.29) is 5.97 Å². The Bertz CT molecular complexity index is 830. The first-order valence-corrected chi connectivity index (χ1v) is 8.14. The van der Waals surface area contributed by atoms with Crippen LogP contribution in [0.3, 0.4) is 0 Å². The summed E-state index contributed by atoms with van der Waals surface area (Å²) in [5, 5.41) is 0. The van der Waals surface area contributed by atoms with Gasteiger partial charge in [0, 0.05) is 6.42 Å². The van der Waals surface area contributed by atoms with Crippen molar-refractivity contribution < 1.29 is 9.53 Å². The third-order valence-electron chi connectivity index (χ3n) is 3.79. The summed E-state index contributed by atoms with van der Waals surface area (Å²) in [6.45, 7) is 2.15. The lowest BCUT2D eigenvalue weighted by Gasteiger charge is -2.07. The van der Waals surface area contributed by atoms with Crippen molar-refractivity contribution in [3.8, 4) is 5.75 Å². The normalized spacial score (nSPS) is 11.0. The fourth-order valence-electron chi connectivity index (χ4n) is 2.57. The third-order valence-corrected chi connectivity index (χ3v) is 3.79. The van der Waals surface area contributed by atoms with E-state index >= 15 is 0 Å². The maximum Gasteiger partial charge on any atom is 0.311 e. The minimum absolute atomic E-state index is 0.205. The zero-order valence-corrected chi connectivity index (χ0v) is 13.3. The van der Waals surface area contributed by atoms with E-state index in [1.54, 1.807) is 6.07 Å². The molecule has 0 bridgehead atoms. The largest absolute Gasteiger partial charge is 0.424 e. The highest BCUT2D eigenvalue weighted by Gasteiger charge is 2.11. The van der Waals surface area contributed by atoms with Crippen LogP contribution in [0.25, 0.3) is 22.1 Å². The summed E-state index contributed by atoms with van der Waals surface area (Å²) in [6.07, 6.45) is 4.68. The van der Waals surface area contributed by atoms with Gasteiger partial charge in [-0.1, -0.05) is 44.4 Å². The highest BCUT2D eigenvalue weighted by Crippen LogP contribution is 2.25. The molecule has 3 aromatic rings. The van der Waals surface area contributed by atoms with E-state index in [1.165, 1.54) is 0 Å². The number of esters is 1. The summed E-state index contributed by atoms with van der Waals surface area (Å²) in [5.74, 6) is 0.282. The molecule has 0 saturated carbocycles. The van der Waals surface area contributed by atoms with Gasteiger partial charge in [-0.15, -0.1) is 0 Å². The van der Waals surface area contributed by atoms with Gasteiger partial charge in [-0.05, 0) is 30.7 Å². The molecule has 2 aromatic carbocycles. The number of carbonyl (C=O) groups excluding carboxylic acids is 1. The van der Waals surface area contributed by atoms with Crippen LogP contribution in [0.1, 0.15) is 39.0 Å². The second kappa shape index (κ2) is 7.18. The zero-order chi connectivity index (χ0) is 16.1. The first-order chi connectivity index (χ1) is 11.3. The predicted octanol–water partition coefficient (Wildman–Crippen LogP) is 4.66. The van der Waals surface area contributed by atoms with E-state index in [0.29, 0.717) is 17.7 Å². The SMILES string of the molecule is CCCCCCC(=O)Oc1cccc2nc3ccccc3nc12.